The second-order valence-electron chi connectivity index (χ2n) is 3.51. The highest BCUT2D eigenvalue weighted by Crippen LogP contribution is 2.14. The van der Waals surface area contributed by atoms with Crippen molar-refractivity contribution < 1.29 is 0 Å². The van der Waals surface area contributed by atoms with Gasteiger partial charge in [0.2, 0.25) is 0 Å². The van der Waals surface area contributed by atoms with E-state index in [0.29, 0.717) is 11.0 Å². The number of hydrogen-bond acceptors (Lipinski definition) is 4. The molecule has 92 valence electrons. The molecule has 1 aromatic heterocycles. The van der Waals surface area contributed by atoms with Gasteiger partial charge in [-0.05, 0) is 47.2 Å². The van der Waals surface area contributed by atoms with E-state index in [-0.39, 0.29) is 0 Å². The number of hydrazone groups is 1. The van der Waals surface area contributed by atoms with Crippen LogP contribution in [0.4, 0.5) is 5.82 Å². The summed E-state index contributed by atoms with van der Waals surface area (Å²) in [7, 11) is 0. The molecule has 2 aromatic rings. The maximum absolute atomic E-state index is 5.87. The zero-order valence-corrected chi connectivity index (χ0v) is 12.5. The number of aromatic nitrogens is 2. The fourth-order valence-corrected chi connectivity index (χ4v) is 1.80. The third-order valence-electron chi connectivity index (χ3n) is 2.25. The van der Waals surface area contributed by atoms with Crippen LogP contribution in [0.1, 0.15) is 12.5 Å². The van der Waals surface area contributed by atoms with E-state index in [9.17, 15) is 0 Å². The number of hydrogen-bond donors (Lipinski definition) is 1. The highest BCUT2D eigenvalue weighted by Gasteiger charge is 2.01. The maximum atomic E-state index is 5.87. The molecule has 1 aromatic carbocycles. The molecule has 0 saturated carbocycles. The van der Waals surface area contributed by atoms with E-state index in [4.69, 9.17) is 11.6 Å². The highest BCUT2D eigenvalue weighted by atomic mass is 127. The van der Waals surface area contributed by atoms with E-state index >= 15 is 0 Å². The van der Waals surface area contributed by atoms with Crippen LogP contribution in [0, 0.1) is 3.57 Å². The number of nitrogens with zero attached hydrogens (tertiary/aromatic N) is 3. The lowest BCUT2D eigenvalue weighted by atomic mass is 10.1. The summed E-state index contributed by atoms with van der Waals surface area (Å²) in [6.07, 6.45) is 3.09. The molecule has 1 heterocycles. The molecule has 0 bridgehead atoms. The molecular weight excluding hydrogens is 363 g/mol. The van der Waals surface area contributed by atoms with Gasteiger partial charge in [-0.25, -0.2) is 9.97 Å². The van der Waals surface area contributed by atoms with E-state index in [0.717, 1.165) is 11.3 Å². The summed E-state index contributed by atoms with van der Waals surface area (Å²) in [4.78, 5) is 7.96. The monoisotopic (exact) mass is 372 g/mol. The molecule has 0 atom stereocenters. The Morgan fingerprint density at radius 1 is 1.22 bits per heavy atom. The molecule has 1 N–H and O–H groups in total. The van der Waals surface area contributed by atoms with Crippen molar-refractivity contribution in [2.24, 2.45) is 5.10 Å². The SMILES string of the molecule is CC(=NNc1nccnc1Cl)c1ccc(I)cc1. The van der Waals surface area contributed by atoms with Crippen molar-refractivity contribution in [3.63, 3.8) is 0 Å². The van der Waals surface area contributed by atoms with Gasteiger partial charge in [0, 0.05) is 16.0 Å². The Kier molecular flexibility index (Phi) is 4.48. The number of halogens is 2. The Bertz CT molecular complexity index is 569. The third-order valence-corrected chi connectivity index (χ3v) is 3.24. The van der Waals surface area contributed by atoms with Crippen molar-refractivity contribution in [2.45, 2.75) is 6.92 Å². The van der Waals surface area contributed by atoms with Gasteiger partial charge in [-0.1, -0.05) is 23.7 Å². The molecule has 0 unspecified atom stereocenters. The lowest BCUT2D eigenvalue weighted by Gasteiger charge is -2.03. The summed E-state index contributed by atoms with van der Waals surface area (Å²) in [5.74, 6) is 0.448. The van der Waals surface area contributed by atoms with Crippen molar-refractivity contribution in [3.05, 3.63) is 50.9 Å². The zero-order chi connectivity index (χ0) is 13.0. The Morgan fingerprint density at radius 2 is 1.89 bits per heavy atom. The van der Waals surface area contributed by atoms with Crippen LogP contribution in [0.25, 0.3) is 0 Å². The molecule has 4 nitrogen and oxygen atoms in total. The fraction of sp³-hybridized carbons (Fsp3) is 0.0833. The quantitative estimate of drug-likeness (QED) is 0.509. The van der Waals surface area contributed by atoms with E-state index < -0.39 is 0 Å². The first-order valence-corrected chi connectivity index (χ1v) is 6.65. The van der Waals surface area contributed by atoms with E-state index in [2.05, 4.69) is 43.1 Å². The summed E-state index contributed by atoms with van der Waals surface area (Å²) < 4.78 is 1.19. The van der Waals surface area contributed by atoms with Gasteiger partial charge in [0.15, 0.2) is 11.0 Å². The van der Waals surface area contributed by atoms with Gasteiger partial charge in [0.1, 0.15) is 0 Å². The average molecular weight is 373 g/mol. The molecule has 0 saturated heterocycles. The van der Waals surface area contributed by atoms with Gasteiger partial charge in [0.05, 0.1) is 5.71 Å². The van der Waals surface area contributed by atoms with Crippen molar-refractivity contribution in [3.8, 4) is 0 Å². The summed E-state index contributed by atoms with van der Waals surface area (Å²) in [6.45, 7) is 1.92. The summed E-state index contributed by atoms with van der Waals surface area (Å²) in [5.41, 5.74) is 4.71. The molecule has 0 spiro atoms. The normalized spacial score (nSPS) is 11.4. The van der Waals surface area contributed by atoms with Crippen LogP contribution in [0.2, 0.25) is 5.15 Å². The van der Waals surface area contributed by atoms with Crippen molar-refractivity contribution >= 4 is 45.7 Å². The van der Waals surface area contributed by atoms with Crippen LogP contribution in [0.5, 0.6) is 0 Å². The average Bonchev–Trinajstić information content (AvgIpc) is 2.38. The van der Waals surface area contributed by atoms with Crippen LogP contribution in [-0.2, 0) is 0 Å². The van der Waals surface area contributed by atoms with Crippen LogP contribution in [-0.4, -0.2) is 15.7 Å². The second-order valence-corrected chi connectivity index (χ2v) is 5.12. The van der Waals surface area contributed by atoms with Gasteiger partial charge in [-0.2, -0.15) is 5.10 Å². The van der Waals surface area contributed by atoms with Crippen LogP contribution in [0.15, 0.2) is 41.8 Å². The maximum Gasteiger partial charge on any atom is 0.184 e. The smallest absolute Gasteiger partial charge is 0.184 e. The van der Waals surface area contributed by atoms with Crippen LogP contribution in [0.3, 0.4) is 0 Å². The molecule has 0 aliphatic rings. The molecule has 0 aliphatic carbocycles. The molecule has 0 fully saturated rings. The Morgan fingerprint density at radius 3 is 2.56 bits per heavy atom. The standard InChI is InChI=1S/C12H10ClIN4/c1-8(9-2-4-10(14)5-3-9)17-18-12-11(13)15-6-7-16-12/h2-7H,1H3,(H,16,18). The first-order valence-electron chi connectivity index (χ1n) is 5.19. The van der Waals surface area contributed by atoms with Gasteiger partial charge in [0.25, 0.3) is 0 Å². The number of benzene rings is 1. The fourth-order valence-electron chi connectivity index (χ4n) is 1.29. The van der Waals surface area contributed by atoms with E-state index in [1.807, 2.05) is 31.2 Å². The molecule has 0 aliphatic heterocycles. The first-order chi connectivity index (χ1) is 8.66. The van der Waals surface area contributed by atoms with Gasteiger partial charge < -0.3 is 0 Å². The summed E-state index contributed by atoms with van der Waals surface area (Å²) in [6, 6.07) is 8.09. The van der Waals surface area contributed by atoms with Gasteiger partial charge >= 0.3 is 0 Å². The predicted molar refractivity (Wildman–Crippen MR) is 82.0 cm³/mol. The molecule has 0 amide bonds. The molecule has 18 heavy (non-hydrogen) atoms. The molecule has 6 heteroatoms. The number of anilines is 1. The summed E-state index contributed by atoms with van der Waals surface area (Å²) in [5, 5.41) is 4.53. The second kappa shape index (κ2) is 6.10. The van der Waals surface area contributed by atoms with Crippen LogP contribution >= 0.6 is 34.2 Å². The largest absolute Gasteiger partial charge is 0.259 e. The van der Waals surface area contributed by atoms with E-state index in [1.165, 1.54) is 9.77 Å². The zero-order valence-electron chi connectivity index (χ0n) is 9.56. The topological polar surface area (TPSA) is 50.2 Å². The van der Waals surface area contributed by atoms with Gasteiger partial charge in [-0.15, -0.1) is 0 Å². The molecule has 2 rings (SSSR count). The first kappa shape index (κ1) is 13.2. The van der Waals surface area contributed by atoms with Crippen molar-refractivity contribution in [2.75, 3.05) is 5.43 Å². The molecule has 0 radical (unpaired) electrons. The minimum absolute atomic E-state index is 0.302. The minimum Gasteiger partial charge on any atom is -0.259 e. The van der Waals surface area contributed by atoms with Gasteiger partial charge in [-0.3, -0.25) is 5.43 Å². The Balaban J connectivity index is 2.14. The lowest BCUT2D eigenvalue weighted by molar-refractivity contribution is 1.15. The highest BCUT2D eigenvalue weighted by molar-refractivity contribution is 14.1. The van der Waals surface area contributed by atoms with E-state index in [1.54, 1.807) is 6.20 Å². The Labute approximate surface area is 124 Å². The third kappa shape index (κ3) is 3.39. The lowest BCUT2D eigenvalue weighted by Crippen LogP contribution is -2.01. The van der Waals surface area contributed by atoms with Crippen molar-refractivity contribution in [1.82, 2.24) is 9.97 Å². The molecular formula is C12H10ClIN4. The summed E-state index contributed by atoms with van der Waals surface area (Å²) >= 11 is 8.13. The number of nitrogens with one attached hydrogen (secondary N) is 1. The van der Waals surface area contributed by atoms with Crippen LogP contribution < -0.4 is 5.43 Å². The number of rotatable bonds is 3. The minimum atomic E-state index is 0.302. The predicted octanol–water partition coefficient (Wildman–Crippen LogP) is 3.57. The Hall–Kier alpha value is -1.21. The van der Waals surface area contributed by atoms with Crippen molar-refractivity contribution in [1.29, 1.82) is 0 Å².